The molecule has 0 radical (unpaired) electrons. The number of phosphoric acid groups is 1. The van der Waals surface area contributed by atoms with E-state index < -0.39 is 57.8 Å². The zero-order valence-corrected chi connectivity index (χ0v) is 42.8. The van der Waals surface area contributed by atoms with Gasteiger partial charge < -0.3 is 24.2 Å². The smallest absolute Gasteiger partial charge is 0.462 e. The van der Waals surface area contributed by atoms with Gasteiger partial charge in [0.05, 0.1) is 19.8 Å². The second-order valence-corrected chi connectivity index (χ2v) is 18.8. The minimum Gasteiger partial charge on any atom is -0.462 e. The fourth-order valence-electron chi connectivity index (χ4n) is 6.95. The van der Waals surface area contributed by atoms with Crippen LogP contribution in [0, 0.1) is 0 Å². The van der Waals surface area contributed by atoms with Gasteiger partial charge in [-0.05, 0) is 70.6 Å². The lowest BCUT2D eigenvalue weighted by Gasteiger charge is -2.21. The van der Waals surface area contributed by atoms with E-state index in [-0.39, 0.29) is 25.9 Å². The third-order valence-electron chi connectivity index (χ3n) is 10.9. The summed E-state index contributed by atoms with van der Waals surface area (Å²) in [6.45, 7) is 4.42. The Balaban J connectivity index is 4.80. The van der Waals surface area contributed by atoms with Gasteiger partial charge in [-0.25, -0.2) is 4.57 Å². The van der Waals surface area contributed by atoms with E-state index in [2.05, 4.69) is 69.4 Å². The van der Waals surface area contributed by atoms with Gasteiger partial charge in [0.15, 0.2) is 6.10 Å². The Morgan fingerprint density at radius 1 is 0.439 bits per heavy atom. The van der Waals surface area contributed by atoms with Crippen LogP contribution in [0.2, 0.25) is 0 Å². The van der Waals surface area contributed by atoms with E-state index in [0.29, 0.717) is 19.3 Å². The summed E-state index contributed by atoms with van der Waals surface area (Å²) in [5.41, 5.74) is 0. The number of aliphatic hydroxyl groups is 1. The maximum atomic E-state index is 12.8. The number of esters is 3. The van der Waals surface area contributed by atoms with Gasteiger partial charge in [-0.2, -0.15) is 0 Å². The lowest BCUT2D eigenvalue weighted by molar-refractivity contribution is -0.161. The molecule has 0 aliphatic carbocycles. The van der Waals surface area contributed by atoms with E-state index in [0.717, 1.165) is 83.5 Å². The van der Waals surface area contributed by atoms with E-state index >= 15 is 0 Å². The summed E-state index contributed by atoms with van der Waals surface area (Å²) in [6.07, 6.45) is 50.6. The third-order valence-corrected chi connectivity index (χ3v) is 11.9. The van der Waals surface area contributed by atoms with E-state index in [9.17, 15) is 28.9 Å². The van der Waals surface area contributed by atoms with Crippen molar-refractivity contribution in [2.24, 2.45) is 0 Å². The number of aliphatic hydroxyl groups excluding tert-OH is 1. The fourth-order valence-corrected chi connectivity index (χ4v) is 7.74. The molecule has 0 aliphatic heterocycles. The average Bonchev–Trinajstić information content (AvgIpc) is 3.30. The molecule has 66 heavy (non-hydrogen) atoms. The summed E-state index contributed by atoms with van der Waals surface area (Å²) in [6, 6.07) is 0. The van der Waals surface area contributed by atoms with E-state index in [1.165, 1.54) is 83.5 Å². The molecule has 0 amide bonds. The number of rotatable bonds is 48. The van der Waals surface area contributed by atoms with Crippen molar-refractivity contribution in [1.29, 1.82) is 0 Å². The number of hydrogen-bond donors (Lipinski definition) is 2. The highest BCUT2D eigenvalue weighted by molar-refractivity contribution is 7.47. The topological polar surface area (TPSA) is 155 Å². The lowest BCUT2D eigenvalue weighted by Crippen LogP contribution is -2.30. The summed E-state index contributed by atoms with van der Waals surface area (Å²) >= 11 is 0. The quantitative estimate of drug-likeness (QED) is 0.0197. The van der Waals surface area contributed by atoms with Gasteiger partial charge in [0, 0.05) is 19.3 Å². The molecule has 0 fully saturated rings. The summed E-state index contributed by atoms with van der Waals surface area (Å²) in [5, 5.41) is 9.75. The van der Waals surface area contributed by atoms with Crippen LogP contribution in [0.4, 0.5) is 0 Å². The SMILES string of the molecule is CC/C=C\C/C=C\C/C=C\C/C=C\CCC(=O)OC(CO)COP(=O)(O)OCC(COC(=O)CCCCCCCCCCCCC)OC(=O)CCCCCCC/C=C\CCCCCCCC. The molecule has 0 aromatic rings. The van der Waals surface area contributed by atoms with Crippen molar-refractivity contribution in [3.63, 3.8) is 0 Å². The van der Waals surface area contributed by atoms with Crippen molar-refractivity contribution in [1.82, 2.24) is 0 Å². The maximum absolute atomic E-state index is 12.8. The van der Waals surface area contributed by atoms with Gasteiger partial charge >= 0.3 is 25.7 Å². The van der Waals surface area contributed by atoms with Crippen LogP contribution < -0.4 is 0 Å². The number of carbonyl (C=O) groups excluding carboxylic acids is 3. The van der Waals surface area contributed by atoms with Crippen LogP contribution in [0.15, 0.2) is 60.8 Å². The van der Waals surface area contributed by atoms with Crippen LogP contribution in [0.3, 0.4) is 0 Å². The summed E-state index contributed by atoms with van der Waals surface area (Å²) < 4.78 is 39.2. The molecule has 382 valence electrons. The Labute approximate surface area is 402 Å². The van der Waals surface area contributed by atoms with Crippen molar-refractivity contribution < 1.29 is 52.2 Å². The molecule has 0 spiro atoms. The van der Waals surface area contributed by atoms with Crippen LogP contribution in [0.1, 0.15) is 226 Å². The Bertz CT molecular complexity index is 1340. The second-order valence-electron chi connectivity index (χ2n) is 17.3. The minimum atomic E-state index is -4.76. The van der Waals surface area contributed by atoms with Crippen molar-refractivity contribution in [3.05, 3.63) is 60.8 Å². The number of ether oxygens (including phenoxy) is 3. The van der Waals surface area contributed by atoms with E-state index in [1.54, 1.807) is 0 Å². The Morgan fingerprint density at radius 2 is 0.818 bits per heavy atom. The molecule has 12 heteroatoms. The van der Waals surface area contributed by atoms with E-state index in [1.807, 2.05) is 12.2 Å². The van der Waals surface area contributed by atoms with Crippen molar-refractivity contribution >= 4 is 25.7 Å². The third kappa shape index (κ3) is 46.3. The number of carbonyl (C=O) groups is 3. The number of allylic oxidation sites excluding steroid dienone is 10. The lowest BCUT2D eigenvalue weighted by atomic mass is 10.1. The first-order valence-electron chi connectivity index (χ1n) is 26.2. The van der Waals surface area contributed by atoms with Gasteiger partial charge in [-0.1, -0.05) is 197 Å². The van der Waals surface area contributed by atoms with Gasteiger partial charge in [0.1, 0.15) is 12.7 Å². The van der Waals surface area contributed by atoms with E-state index in [4.69, 9.17) is 23.3 Å². The zero-order valence-electron chi connectivity index (χ0n) is 41.9. The summed E-state index contributed by atoms with van der Waals surface area (Å²) in [5.74, 6) is -1.56. The van der Waals surface area contributed by atoms with Crippen molar-refractivity contribution in [2.75, 3.05) is 26.4 Å². The first kappa shape index (κ1) is 63.2. The number of phosphoric ester groups is 1. The molecule has 3 unspecified atom stereocenters. The molecule has 0 aromatic heterocycles. The predicted molar refractivity (Wildman–Crippen MR) is 270 cm³/mol. The largest absolute Gasteiger partial charge is 0.472 e. The maximum Gasteiger partial charge on any atom is 0.472 e. The van der Waals surface area contributed by atoms with Gasteiger partial charge in [-0.3, -0.25) is 23.4 Å². The normalized spacial score (nSPS) is 14.0. The molecule has 0 aliphatic rings. The highest BCUT2D eigenvalue weighted by Crippen LogP contribution is 2.43. The Kier molecular flexibility index (Phi) is 46.6. The number of hydrogen-bond acceptors (Lipinski definition) is 10. The van der Waals surface area contributed by atoms with Crippen LogP contribution in [0.5, 0.6) is 0 Å². The molecule has 0 saturated heterocycles. The summed E-state index contributed by atoms with van der Waals surface area (Å²) in [4.78, 5) is 48.2. The average molecular weight is 951 g/mol. The van der Waals surface area contributed by atoms with Crippen molar-refractivity contribution in [2.45, 2.75) is 238 Å². The zero-order chi connectivity index (χ0) is 48.4. The molecule has 0 bridgehead atoms. The van der Waals surface area contributed by atoms with Crippen LogP contribution in [0.25, 0.3) is 0 Å². The number of unbranched alkanes of at least 4 members (excludes halogenated alkanes) is 21. The van der Waals surface area contributed by atoms with Crippen LogP contribution in [-0.4, -0.2) is 66.5 Å². The molecule has 0 heterocycles. The molecule has 11 nitrogen and oxygen atoms in total. The molecule has 0 saturated carbocycles. The molecule has 3 atom stereocenters. The predicted octanol–water partition coefficient (Wildman–Crippen LogP) is 14.8. The van der Waals surface area contributed by atoms with Gasteiger partial charge in [0.25, 0.3) is 0 Å². The highest BCUT2D eigenvalue weighted by Gasteiger charge is 2.28. The summed E-state index contributed by atoms with van der Waals surface area (Å²) in [7, 11) is -4.76. The Hall–Kier alpha value is -2.82. The minimum absolute atomic E-state index is 0.0556. The van der Waals surface area contributed by atoms with Gasteiger partial charge in [-0.15, -0.1) is 0 Å². The molecular weight excluding hydrogens is 856 g/mol. The molecule has 2 N–H and O–H groups in total. The first-order chi connectivity index (χ1) is 32.2. The highest BCUT2D eigenvalue weighted by atomic mass is 31.2. The monoisotopic (exact) mass is 951 g/mol. The molecule has 0 aromatic carbocycles. The second kappa shape index (κ2) is 48.6. The van der Waals surface area contributed by atoms with Crippen LogP contribution in [-0.2, 0) is 42.2 Å². The van der Waals surface area contributed by atoms with Crippen LogP contribution >= 0.6 is 7.82 Å². The first-order valence-corrected chi connectivity index (χ1v) is 27.7. The molecule has 0 rings (SSSR count). The Morgan fingerprint density at radius 3 is 1.30 bits per heavy atom. The standard InChI is InChI=1S/C54H95O11P/c1-4-7-10-13-16-19-22-24-25-27-30-33-36-39-42-45-54(58)65-51(47-61-52(56)43-40-37-34-31-28-21-18-15-12-9-6-3)49-63-66(59,60)62-48-50(46-55)64-53(57)44-41-38-35-32-29-26-23-20-17-14-11-8-5-2/h8,11,17,20,24-26,29,35,38,50-51,55H,4-7,9-10,12-16,18-19,21-23,27-28,30-34,36-37,39-49H2,1-3H3,(H,59,60)/b11-8-,20-17-,25-24-,29-26-,38-35-. The van der Waals surface area contributed by atoms with Crippen molar-refractivity contribution in [3.8, 4) is 0 Å². The molecular formula is C54H95O11P. The fraction of sp³-hybridized carbons (Fsp3) is 0.759. The van der Waals surface area contributed by atoms with Gasteiger partial charge in [0.2, 0.25) is 0 Å².